The molecule has 3 heterocycles. The molecule has 19 heavy (non-hydrogen) atoms. The summed E-state index contributed by atoms with van der Waals surface area (Å²) >= 11 is 0. The Kier molecular flexibility index (Phi) is 2.60. The van der Waals surface area contributed by atoms with Crippen molar-refractivity contribution in [3.05, 3.63) is 53.2 Å². The Morgan fingerprint density at radius 2 is 2.16 bits per heavy atom. The number of hydrogen-bond donors (Lipinski definition) is 2. The molecular formula is C13H10N4O2. The summed E-state index contributed by atoms with van der Waals surface area (Å²) in [6, 6.07) is 6.80. The van der Waals surface area contributed by atoms with Gasteiger partial charge in [-0.15, -0.1) is 0 Å². The Balaban J connectivity index is 2.22. The molecule has 0 saturated heterocycles. The predicted molar refractivity (Wildman–Crippen MR) is 70.2 cm³/mol. The number of aromatic nitrogens is 3. The molecule has 0 radical (unpaired) electrons. The van der Waals surface area contributed by atoms with Gasteiger partial charge in [-0.05, 0) is 12.1 Å². The Bertz CT molecular complexity index is 762. The Morgan fingerprint density at radius 3 is 2.89 bits per heavy atom. The highest BCUT2D eigenvalue weighted by molar-refractivity contribution is 5.85. The largest absolute Gasteiger partial charge is 0.380 e. The average molecular weight is 254 g/mol. The number of H-pyrrole nitrogens is 1. The van der Waals surface area contributed by atoms with Gasteiger partial charge >= 0.3 is 0 Å². The van der Waals surface area contributed by atoms with Crippen LogP contribution in [0.3, 0.4) is 0 Å². The number of hydrogen-bond acceptors (Lipinski definition) is 5. The maximum Gasteiger partial charge on any atom is 0.248 e. The van der Waals surface area contributed by atoms with Gasteiger partial charge in [-0.2, -0.15) is 0 Å². The minimum absolute atomic E-state index is 0.218. The van der Waals surface area contributed by atoms with Crippen LogP contribution in [0.25, 0.3) is 22.5 Å². The second kappa shape index (κ2) is 4.41. The minimum Gasteiger partial charge on any atom is -0.380 e. The normalized spacial score (nSPS) is 10.5. The molecule has 6 heteroatoms. The van der Waals surface area contributed by atoms with E-state index in [0.29, 0.717) is 16.9 Å². The summed E-state index contributed by atoms with van der Waals surface area (Å²) in [6.07, 6.45) is 4.88. The van der Waals surface area contributed by atoms with Gasteiger partial charge in [0, 0.05) is 35.8 Å². The number of nitrogens with one attached hydrogen (secondary N) is 1. The zero-order chi connectivity index (χ0) is 13.2. The van der Waals surface area contributed by atoms with Crippen LogP contribution in [-0.4, -0.2) is 15.1 Å². The number of anilines is 1. The van der Waals surface area contributed by atoms with Crippen molar-refractivity contribution in [2.75, 3.05) is 5.73 Å². The third kappa shape index (κ3) is 1.99. The molecule has 6 nitrogen and oxygen atoms in total. The molecule has 3 aromatic heterocycles. The highest BCUT2D eigenvalue weighted by Crippen LogP contribution is 2.35. The minimum atomic E-state index is -0.218. The summed E-state index contributed by atoms with van der Waals surface area (Å²) in [5, 5.41) is 3.76. The summed E-state index contributed by atoms with van der Waals surface area (Å²) in [5.41, 5.74) is 7.66. The van der Waals surface area contributed by atoms with Crippen molar-refractivity contribution in [3.63, 3.8) is 0 Å². The quantitative estimate of drug-likeness (QED) is 0.725. The van der Waals surface area contributed by atoms with Crippen molar-refractivity contribution < 1.29 is 4.52 Å². The van der Waals surface area contributed by atoms with Gasteiger partial charge in [0.15, 0.2) is 11.6 Å². The van der Waals surface area contributed by atoms with Crippen LogP contribution in [0.4, 0.5) is 5.82 Å². The van der Waals surface area contributed by atoms with E-state index in [-0.39, 0.29) is 11.4 Å². The van der Waals surface area contributed by atoms with Gasteiger partial charge in [-0.3, -0.25) is 9.78 Å². The number of rotatable bonds is 2. The van der Waals surface area contributed by atoms with E-state index in [0.717, 1.165) is 5.56 Å². The fourth-order valence-electron chi connectivity index (χ4n) is 1.87. The van der Waals surface area contributed by atoms with Crippen molar-refractivity contribution in [3.8, 4) is 22.5 Å². The third-order valence-electron chi connectivity index (χ3n) is 2.71. The van der Waals surface area contributed by atoms with E-state index in [1.165, 1.54) is 6.07 Å². The van der Waals surface area contributed by atoms with Crippen molar-refractivity contribution >= 4 is 5.82 Å². The topological polar surface area (TPSA) is 97.8 Å². The second-order valence-corrected chi connectivity index (χ2v) is 3.96. The molecule has 3 N–H and O–H groups in total. The van der Waals surface area contributed by atoms with Crippen LogP contribution in [0.2, 0.25) is 0 Å². The predicted octanol–water partition coefficient (Wildman–Crippen LogP) is 1.67. The Hall–Kier alpha value is -2.89. The Labute approximate surface area is 107 Å². The number of pyridine rings is 2. The molecule has 0 spiro atoms. The maximum absolute atomic E-state index is 11.4. The first-order valence-corrected chi connectivity index (χ1v) is 5.60. The molecule has 0 bridgehead atoms. The number of nitrogens with two attached hydrogens (primary N) is 1. The fraction of sp³-hybridized carbons (Fsp3) is 0. The SMILES string of the molecule is Nc1noc(-c2cc[nH]c(=O)c2)c1-c1cccnc1. The zero-order valence-corrected chi connectivity index (χ0v) is 9.83. The van der Waals surface area contributed by atoms with E-state index in [1.54, 1.807) is 30.7 Å². The second-order valence-electron chi connectivity index (χ2n) is 3.96. The van der Waals surface area contributed by atoms with Crippen molar-refractivity contribution in [1.82, 2.24) is 15.1 Å². The van der Waals surface area contributed by atoms with E-state index in [2.05, 4.69) is 15.1 Å². The smallest absolute Gasteiger partial charge is 0.248 e. The first kappa shape index (κ1) is 11.2. The number of aromatic amines is 1. The molecular weight excluding hydrogens is 244 g/mol. The summed E-state index contributed by atoms with van der Waals surface area (Å²) in [7, 11) is 0. The molecule has 0 aliphatic carbocycles. The van der Waals surface area contributed by atoms with Crippen molar-refractivity contribution in [2.45, 2.75) is 0 Å². The molecule has 94 valence electrons. The van der Waals surface area contributed by atoms with Gasteiger partial charge in [-0.1, -0.05) is 11.2 Å². The summed E-state index contributed by atoms with van der Waals surface area (Å²) in [4.78, 5) is 17.9. The molecule has 0 aliphatic rings. The molecule has 0 aliphatic heterocycles. The van der Waals surface area contributed by atoms with Gasteiger partial charge in [0.25, 0.3) is 0 Å². The lowest BCUT2D eigenvalue weighted by Crippen LogP contribution is -2.02. The van der Waals surface area contributed by atoms with Gasteiger partial charge in [0.1, 0.15) is 0 Å². The summed E-state index contributed by atoms with van der Waals surface area (Å²) in [6.45, 7) is 0. The molecule has 0 unspecified atom stereocenters. The lowest BCUT2D eigenvalue weighted by Gasteiger charge is -2.01. The van der Waals surface area contributed by atoms with E-state index in [1.807, 2.05) is 6.07 Å². The molecule has 3 rings (SSSR count). The van der Waals surface area contributed by atoms with Crippen molar-refractivity contribution in [2.24, 2.45) is 0 Å². The Morgan fingerprint density at radius 1 is 1.26 bits per heavy atom. The van der Waals surface area contributed by atoms with Gasteiger partial charge in [0.05, 0.1) is 5.56 Å². The van der Waals surface area contributed by atoms with Gasteiger partial charge in [0.2, 0.25) is 5.56 Å². The van der Waals surface area contributed by atoms with Crippen LogP contribution < -0.4 is 11.3 Å². The van der Waals surface area contributed by atoms with Crippen LogP contribution in [0.5, 0.6) is 0 Å². The fourth-order valence-corrected chi connectivity index (χ4v) is 1.87. The highest BCUT2D eigenvalue weighted by atomic mass is 16.5. The lowest BCUT2D eigenvalue weighted by atomic mass is 10.0. The standard InChI is InChI=1S/C13H10N4O2/c14-13-11(9-2-1-4-15-7-9)12(19-17-13)8-3-5-16-10(18)6-8/h1-7H,(H2,14,17)(H,16,18). The van der Waals surface area contributed by atoms with Crippen molar-refractivity contribution in [1.29, 1.82) is 0 Å². The average Bonchev–Trinajstić information content (AvgIpc) is 2.82. The van der Waals surface area contributed by atoms with Gasteiger partial charge < -0.3 is 15.2 Å². The van der Waals surface area contributed by atoms with Crippen LogP contribution in [0.1, 0.15) is 0 Å². The first-order chi connectivity index (χ1) is 9.25. The zero-order valence-electron chi connectivity index (χ0n) is 9.83. The van der Waals surface area contributed by atoms with E-state index >= 15 is 0 Å². The van der Waals surface area contributed by atoms with Crippen LogP contribution in [0.15, 0.2) is 52.2 Å². The molecule has 0 fully saturated rings. The van der Waals surface area contributed by atoms with E-state index < -0.39 is 0 Å². The molecule has 0 amide bonds. The lowest BCUT2D eigenvalue weighted by molar-refractivity contribution is 0.436. The van der Waals surface area contributed by atoms with Gasteiger partial charge in [-0.25, -0.2) is 0 Å². The van der Waals surface area contributed by atoms with E-state index in [9.17, 15) is 4.79 Å². The third-order valence-corrected chi connectivity index (χ3v) is 2.71. The summed E-state index contributed by atoms with van der Waals surface area (Å²) < 4.78 is 5.24. The molecule has 0 aromatic carbocycles. The summed E-state index contributed by atoms with van der Waals surface area (Å²) in [5.74, 6) is 0.722. The molecule has 0 saturated carbocycles. The highest BCUT2D eigenvalue weighted by Gasteiger charge is 2.17. The van der Waals surface area contributed by atoms with Crippen LogP contribution in [0, 0.1) is 0 Å². The molecule has 0 atom stereocenters. The van der Waals surface area contributed by atoms with E-state index in [4.69, 9.17) is 10.3 Å². The number of nitrogen functional groups attached to an aromatic ring is 1. The van der Waals surface area contributed by atoms with Crippen LogP contribution >= 0.6 is 0 Å². The monoisotopic (exact) mass is 254 g/mol. The molecule has 3 aromatic rings. The maximum atomic E-state index is 11.4. The number of nitrogens with zero attached hydrogens (tertiary/aromatic N) is 2. The first-order valence-electron chi connectivity index (χ1n) is 5.60. The van der Waals surface area contributed by atoms with Crippen LogP contribution in [-0.2, 0) is 0 Å².